The molecular weight excluding hydrogens is 234 g/mol. The lowest BCUT2D eigenvalue weighted by Gasteiger charge is -2.29. The van der Waals surface area contributed by atoms with Gasteiger partial charge in [-0.05, 0) is 46.6 Å². The quantitative estimate of drug-likeness (QED) is 0.646. The van der Waals surface area contributed by atoms with Gasteiger partial charge in [0.2, 0.25) is 0 Å². The molecule has 1 rings (SSSR count). The van der Waals surface area contributed by atoms with Gasteiger partial charge in [-0.1, -0.05) is 0 Å². The Hall–Kier alpha value is 0.0569. The molecule has 0 aromatic rings. The number of hydrogen-bond donors (Lipinski definition) is 1. The van der Waals surface area contributed by atoms with Crippen molar-refractivity contribution in [3.8, 4) is 0 Å². The number of rotatable bonds is 9. The minimum atomic E-state index is -2.40. The fourth-order valence-corrected chi connectivity index (χ4v) is 5.06. The molecular formula is C12H27NO3Si. The van der Waals surface area contributed by atoms with Crippen molar-refractivity contribution in [2.24, 2.45) is 0 Å². The minimum absolute atomic E-state index is 0.628. The van der Waals surface area contributed by atoms with Crippen molar-refractivity contribution in [1.82, 2.24) is 5.32 Å². The van der Waals surface area contributed by atoms with Gasteiger partial charge in [-0.3, -0.25) is 0 Å². The first-order valence-electron chi connectivity index (χ1n) is 6.91. The third-order valence-corrected chi connectivity index (χ3v) is 6.14. The third-order valence-electron chi connectivity index (χ3n) is 3.05. The van der Waals surface area contributed by atoms with Crippen LogP contribution in [-0.4, -0.2) is 41.2 Å². The lowest BCUT2D eigenvalue weighted by atomic mass is 10.2. The zero-order valence-corrected chi connectivity index (χ0v) is 12.5. The molecule has 102 valence electrons. The number of nitrogens with one attached hydrogen (secondary N) is 1. The molecule has 0 saturated carbocycles. The molecule has 0 bridgehead atoms. The Morgan fingerprint density at radius 2 is 1.65 bits per heavy atom. The van der Waals surface area contributed by atoms with Gasteiger partial charge in [-0.25, -0.2) is 0 Å². The molecule has 0 radical (unpaired) electrons. The van der Waals surface area contributed by atoms with Crippen LogP contribution in [0, 0.1) is 0 Å². The first kappa shape index (κ1) is 15.1. The maximum atomic E-state index is 5.84. The van der Waals surface area contributed by atoms with Crippen molar-refractivity contribution < 1.29 is 13.3 Å². The second kappa shape index (κ2) is 8.21. The molecule has 0 amide bonds. The molecule has 5 heteroatoms. The summed E-state index contributed by atoms with van der Waals surface area (Å²) in [5.41, 5.74) is 0. The van der Waals surface area contributed by atoms with E-state index in [1.807, 2.05) is 20.8 Å². The van der Waals surface area contributed by atoms with Crippen LogP contribution in [0.3, 0.4) is 0 Å². The summed E-state index contributed by atoms with van der Waals surface area (Å²) < 4.78 is 17.5. The maximum absolute atomic E-state index is 5.84. The average molecular weight is 261 g/mol. The molecule has 1 heterocycles. The topological polar surface area (TPSA) is 39.7 Å². The SMILES string of the molecule is CCO[Si](CCC1CCCN1)(OCC)OCC. The fourth-order valence-electron chi connectivity index (χ4n) is 2.36. The normalized spacial score (nSPS) is 21.0. The van der Waals surface area contributed by atoms with Crippen molar-refractivity contribution in [3.05, 3.63) is 0 Å². The molecule has 1 aliphatic rings. The molecule has 1 aliphatic heterocycles. The molecule has 1 N–H and O–H groups in total. The largest absolute Gasteiger partial charge is 0.500 e. The van der Waals surface area contributed by atoms with E-state index in [1.165, 1.54) is 12.8 Å². The van der Waals surface area contributed by atoms with Crippen molar-refractivity contribution >= 4 is 8.80 Å². The first-order chi connectivity index (χ1) is 8.26. The lowest BCUT2D eigenvalue weighted by molar-refractivity contribution is 0.0702. The van der Waals surface area contributed by atoms with E-state index in [0.717, 1.165) is 19.0 Å². The van der Waals surface area contributed by atoms with E-state index >= 15 is 0 Å². The molecule has 1 atom stereocenters. The van der Waals surface area contributed by atoms with Gasteiger partial charge in [0, 0.05) is 31.9 Å². The maximum Gasteiger partial charge on any atom is 0.500 e. The van der Waals surface area contributed by atoms with E-state index in [2.05, 4.69) is 5.32 Å². The highest BCUT2D eigenvalue weighted by molar-refractivity contribution is 6.60. The Kier molecular flexibility index (Phi) is 7.30. The molecule has 17 heavy (non-hydrogen) atoms. The second-order valence-corrected chi connectivity index (χ2v) is 7.05. The van der Waals surface area contributed by atoms with E-state index in [-0.39, 0.29) is 0 Å². The highest BCUT2D eigenvalue weighted by Crippen LogP contribution is 2.21. The van der Waals surface area contributed by atoms with E-state index in [4.69, 9.17) is 13.3 Å². The molecule has 0 aromatic carbocycles. The van der Waals surface area contributed by atoms with E-state index in [1.54, 1.807) is 0 Å². The molecule has 0 aromatic heterocycles. The van der Waals surface area contributed by atoms with Crippen LogP contribution in [0.5, 0.6) is 0 Å². The van der Waals surface area contributed by atoms with E-state index < -0.39 is 8.80 Å². The van der Waals surface area contributed by atoms with Crippen LogP contribution in [0.4, 0.5) is 0 Å². The van der Waals surface area contributed by atoms with Gasteiger partial charge in [-0.15, -0.1) is 0 Å². The summed E-state index contributed by atoms with van der Waals surface area (Å²) in [4.78, 5) is 0. The summed E-state index contributed by atoms with van der Waals surface area (Å²) in [6, 6.07) is 1.56. The van der Waals surface area contributed by atoms with Gasteiger partial charge in [0.25, 0.3) is 0 Å². The molecule has 1 saturated heterocycles. The van der Waals surface area contributed by atoms with E-state index in [9.17, 15) is 0 Å². The molecule has 0 spiro atoms. The third kappa shape index (κ3) is 5.05. The van der Waals surface area contributed by atoms with Crippen molar-refractivity contribution in [2.75, 3.05) is 26.4 Å². The van der Waals surface area contributed by atoms with Gasteiger partial charge in [0.05, 0.1) is 0 Å². The van der Waals surface area contributed by atoms with Crippen molar-refractivity contribution in [2.45, 2.75) is 52.1 Å². The Balaban J connectivity index is 2.46. The zero-order chi connectivity index (χ0) is 12.6. The molecule has 0 aliphatic carbocycles. The standard InChI is InChI=1S/C12H27NO3Si/c1-4-14-17(15-5-2,16-6-3)11-9-12-8-7-10-13-12/h12-13H,4-11H2,1-3H3. The van der Waals surface area contributed by atoms with Crippen molar-refractivity contribution in [1.29, 1.82) is 0 Å². The Morgan fingerprint density at radius 3 is 2.06 bits per heavy atom. The van der Waals surface area contributed by atoms with Crippen LogP contribution in [0.15, 0.2) is 0 Å². The summed E-state index contributed by atoms with van der Waals surface area (Å²) in [6.07, 6.45) is 3.66. The van der Waals surface area contributed by atoms with Crippen LogP contribution in [0.2, 0.25) is 6.04 Å². The molecule has 1 unspecified atom stereocenters. The van der Waals surface area contributed by atoms with Gasteiger partial charge in [0.15, 0.2) is 0 Å². The smallest absolute Gasteiger partial charge is 0.374 e. The van der Waals surface area contributed by atoms with Gasteiger partial charge < -0.3 is 18.6 Å². The van der Waals surface area contributed by atoms with Crippen LogP contribution >= 0.6 is 0 Å². The molecule has 4 nitrogen and oxygen atoms in total. The van der Waals surface area contributed by atoms with Crippen LogP contribution in [0.1, 0.15) is 40.0 Å². The zero-order valence-electron chi connectivity index (χ0n) is 11.5. The van der Waals surface area contributed by atoms with Crippen LogP contribution in [-0.2, 0) is 13.3 Å². The minimum Gasteiger partial charge on any atom is -0.374 e. The summed E-state index contributed by atoms with van der Waals surface area (Å²) in [5, 5.41) is 3.51. The number of hydrogen-bond acceptors (Lipinski definition) is 4. The summed E-state index contributed by atoms with van der Waals surface area (Å²) in [6.45, 7) is 9.19. The summed E-state index contributed by atoms with van der Waals surface area (Å²) in [5.74, 6) is 0. The highest BCUT2D eigenvalue weighted by atomic mass is 28.4. The highest BCUT2D eigenvalue weighted by Gasteiger charge is 2.40. The van der Waals surface area contributed by atoms with Crippen LogP contribution in [0.25, 0.3) is 0 Å². The Morgan fingerprint density at radius 1 is 1.06 bits per heavy atom. The first-order valence-corrected chi connectivity index (χ1v) is 8.84. The Bertz CT molecular complexity index is 181. The predicted octanol–water partition coefficient (Wildman–Crippen LogP) is 2.18. The van der Waals surface area contributed by atoms with E-state index in [0.29, 0.717) is 25.9 Å². The summed E-state index contributed by atoms with van der Waals surface area (Å²) >= 11 is 0. The predicted molar refractivity (Wildman–Crippen MR) is 71.1 cm³/mol. The van der Waals surface area contributed by atoms with Gasteiger partial charge >= 0.3 is 8.80 Å². The van der Waals surface area contributed by atoms with Crippen LogP contribution < -0.4 is 5.32 Å². The molecule has 1 fully saturated rings. The second-order valence-electron chi connectivity index (χ2n) is 4.31. The van der Waals surface area contributed by atoms with Gasteiger partial charge in [-0.2, -0.15) is 0 Å². The average Bonchev–Trinajstić information content (AvgIpc) is 2.80. The Labute approximate surface area is 106 Å². The lowest BCUT2D eigenvalue weighted by Crippen LogP contribution is -2.46. The summed E-state index contributed by atoms with van der Waals surface area (Å²) in [7, 11) is -2.40. The fraction of sp³-hybridized carbons (Fsp3) is 1.00. The van der Waals surface area contributed by atoms with Gasteiger partial charge in [0.1, 0.15) is 0 Å². The van der Waals surface area contributed by atoms with Crippen molar-refractivity contribution in [3.63, 3.8) is 0 Å². The monoisotopic (exact) mass is 261 g/mol.